The maximum absolute atomic E-state index is 13.2. The maximum Gasteiger partial charge on any atom is 0.253 e. The fourth-order valence-electron chi connectivity index (χ4n) is 3.76. The topological polar surface area (TPSA) is 159 Å². The average molecular weight is 455 g/mol. The smallest absolute Gasteiger partial charge is 0.253 e. The number of nitrogens with two attached hydrogens (primary N) is 1. The van der Waals surface area contributed by atoms with Crippen molar-refractivity contribution in [3.63, 3.8) is 0 Å². The minimum atomic E-state index is -4.34. The summed E-state index contributed by atoms with van der Waals surface area (Å²) in [4.78, 5) is 39.4. The number of primary amides is 1. The van der Waals surface area contributed by atoms with E-state index >= 15 is 0 Å². The highest BCUT2D eigenvalue weighted by Crippen LogP contribution is 2.29. The number of aliphatic hydroxyl groups excluding tert-OH is 1. The summed E-state index contributed by atoms with van der Waals surface area (Å²) in [6, 6.07) is 2.67. The van der Waals surface area contributed by atoms with Gasteiger partial charge in [-0.1, -0.05) is 13.0 Å². The molecule has 0 spiro atoms. The summed E-state index contributed by atoms with van der Waals surface area (Å²) in [5, 5.41) is 9.63. The number of likely N-dealkylation sites (tertiary alicyclic amines) is 1. The van der Waals surface area contributed by atoms with Crippen molar-refractivity contribution in [2.75, 3.05) is 37.7 Å². The van der Waals surface area contributed by atoms with Crippen LogP contribution in [0.3, 0.4) is 0 Å². The molecule has 2 atom stereocenters. The summed E-state index contributed by atoms with van der Waals surface area (Å²) in [5.41, 5.74) is 6.12. The van der Waals surface area contributed by atoms with E-state index in [4.69, 9.17) is 10.5 Å². The number of hydrogen-bond donors (Lipinski definition) is 3. The van der Waals surface area contributed by atoms with E-state index < -0.39 is 34.0 Å². The zero-order valence-electron chi connectivity index (χ0n) is 17.1. The number of ether oxygens (including phenoxy) is 1. The van der Waals surface area contributed by atoms with Gasteiger partial charge in [0, 0.05) is 25.3 Å². The molecule has 0 aliphatic carbocycles. The van der Waals surface area contributed by atoms with Crippen LogP contribution >= 0.6 is 0 Å². The highest BCUT2D eigenvalue weighted by Gasteiger charge is 2.37. The lowest BCUT2D eigenvalue weighted by molar-refractivity contribution is -0.137. The SMILES string of the molecule is CCc1c(N2CCOCC2=O)cccc1S(=O)(=O)N[C@@H](C(N)=O)C(=O)N1CC[C@H](O)C1. The van der Waals surface area contributed by atoms with Gasteiger partial charge < -0.3 is 25.4 Å². The minimum Gasteiger partial charge on any atom is -0.391 e. The lowest BCUT2D eigenvalue weighted by atomic mass is 10.1. The van der Waals surface area contributed by atoms with Crippen LogP contribution in [0.25, 0.3) is 0 Å². The molecule has 0 radical (unpaired) electrons. The Morgan fingerprint density at radius 3 is 2.68 bits per heavy atom. The van der Waals surface area contributed by atoms with E-state index in [-0.39, 0.29) is 43.5 Å². The van der Waals surface area contributed by atoms with Crippen molar-refractivity contribution < 1.29 is 32.6 Å². The van der Waals surface area contributed by atoms with Crippen LogP contribution in [-0.2, 0) is 35.6 Å². The molecule has 0 saturated carbocycles. The van der Waals surface area contributed by atoms with Gasteiger partial charge in [-0.2, -0.15) is 4.72 Å². The van der Waals surface area contributed by atoms with E-state index in [9.17, 15) is 27.9 Å². The Bertz CT molecular complexity index is 981. The van der Waals surface area contributed by atoms with E-state index in [1.54, 1.807) is 13.0 Å². The summed E-state index contributed by atoms with van der Waals surface area (Å²) < 4.78 is 33.6. The Morgan fingerprint density at radius 2 is 2.10 bits per heavy atom. The van der Waals surface area contributed by atoms with Crippen LogP contribution in [0.1, 0.15) is 18.9 Å². The molecule has 2 fully saturated rings. The molecule has 12 heteroatoms. The summed E-state index contributed by atoms with van der Waals surface area (Å²) >= 11 is 0. The number of anilines is 1. The molecule has 1 aromatic rings. The fourth-order valence-corrected chi connectivity index (χ4v) is 5.25. The van der Waals surface area contributed by atoms with Gasteiger partial charge >= 0.3 is 0 Å². The van der Waals surface area contributed by atoms with E-state index in [1.807, 2.05) is 0 Å². The number of amides is 3. The van der Waals surface area contributed by atoms with E-state index in [0.717, 1.165) is 0 Å². The number of hydrogen-bond acceptors (Lipinski definition) is 7. The van der Waals surface area contributed by atoms with Gasteiger partial charge in [0.15, 0.2) is 6.04 Å². The molecule has 2 aliphatic rings. The van der Waals surface area contributed by atoms with Crippen LogP contribution in [-0.4, -0.2) is 81.1 Å². The van der Waals surface area contributed by atoms with Crippen molar-refractivity contribution in [1.29, 1.82) is 0 Å². The predicted molar refractivity (Wildman–Crippen MR) is 109 cm³/mol. The van der Waals surface area contributed by atoms with Crippen LogP contribution in [0, 0.1) is 0 Å². The molecule has 3 amide bonds. The summed E-state index contributed by atoms with van der Waals surface area (Å²) in [6.07, 6.45) is -0.118. The minimum absolute atomic E-state index is 0.000815. The molecule has 0 bridgehead atoms. The third-order valence-corrected chi connectivity index (χ3v) is 6.82. The molecule has 1 aromatic carbocycles. The van der Waals surface area contributed by atoms with Crippen molar-refractivity contribution in [3.8, 4) is 0 Å². The predicted octanol–water partition coefficient (Wildman–Crippen LogP) is -1.66. The first-order chi connectivity index (χ1) is 14.7. The first kappa shape index (κ1) is 23.1. The Labute approximate surface area is 180 Å². The number of aliphatic hydroxyl groups is 1. The number of benzene rings is 1. The van der Waals surface area contributed by atoms with Gasteiger partial charge in [-0.25, -0.2) is 8.42 Å². The highest BCUT2D eigenvalue weighted by molar-refractivity contribution is 7.89. The van der Waals surface area contributed by atoms with E-state index in [1.165, 1.54) is 21.9 Å². The second kappa shape index (κ2) is 9.30. The van der Waals surface area contributed by atoms with Gasteiger partial charge in [0.05, 0.1) is 17.6 Å². The molecule has 3 rings (SSSR count). The summed E-state index contributed by atoms with van der Waals surface area (Å²) in [7, 11) is -4.34. The Kier molecular flexibility index (Phi) is 6.94. The molecule has 2 aliphatic heterocycles. The third-order valence-electron chi connectivity index (χ3n) is 5.31. The van der Waals surface area contributed by atoms with E-state index in [2.05, 4.69) is 4.72 Å². The molecule has 0 aromatic heterocycles. The Balaban J connectivity index is 1.93. The number of β-amino-alcohol motifs (C(OH)–C–C–N with tert-alkyl or cyclic N) is 1. The zero-order valence-corrected chi connectivity index (χ0v) is 17.9. The monoisotopic (exact) mass is 454 g/mol. The second-order valence-corrected chi connectivity index (χ2v) is 9.07. The van der Waals surface area contributed by atoms with Crippen LogP contribution in [0.2, 0.25) is 0 Å². The van der Waals surface area contributed by atoms with Gasteiger partial charge in [-0.3, -0.25) is 14.4 Å². The number of carbonyl (C=O) groups excluding carboxylic acids is 3. The molecule has 2 saturated heterocycles. The van der Waals surface area contributed by atoms with Gasteiger partial charge in [0.2, 0.25) is 15.9 Å². The van der Waals surface area contributed by atoms with Crippen molar-refractivity contribution in [2.45, 2.75) is 36.8 Å². The highest BCUT2D eigenvalue weighted by atomic mass is 32.2. The first-order valence-electron chi connectivity index (χ1n) is 9.94. The maximum atomic E-state index is 13.2. The molecular formula is C19H26N4O7S. The number of sulfonamides is 1. The van der Waals surface area contributed by atoms with Gasteiger partial charge in [0.25, 0.3) is 11.8 Å². The molecular weight excluding hydrogens is 428 g/mol. The van der Waals surface area contributed by atoms with Crippen LogP contribution in [0.5, 0.6) is 0 Å². The molecule has 0 unspecified atom stereocenters. The molecule has 170 valence electrons. The lowest BCUT2D eigenvalue weighted by Crippen LogP contribution is -2.54. The molecule has 31 heavy (non-hydrogen) atoms. The van der Waals surface area contributed by atoms with Crippen molar-refractivity contribution >= 4 is 33.4 Å². The average Bonchev–Trinajstić information content (AvgIpc) is 3.17. The van der Waals surface area contributed by atoms with Crippen molar-refractivity contribution in [1.82, 2.24) is 9.62 Å². The van der Waals surface area contributed by atoms with Crippen LogP contribution < -0.4 is 15.4 Å². The van der Waals surface area contributed by atoms with Gasteiger partial charge in [-0.05, 0) is 30.5 Å². The quantitative estimate of drug-likeness (QED) is 0.416. The third kappa shape index (κ3) is 4.87. The number of carbonyl (C=O) groups is 3. The largest absolute Gasteiger partial charge is 0.391 e. The van der Waals surface area contributed by atoms with Gasteiger partial charge in [0.1, 0.15) is 6.61 Å². The number of nitrogens with one attached hydrogen (secondary N) is 1. The second-order valence-electron chi connectivity index (χ2n) is 7.39. The van der Waals surface area contributed by atoms with Crippen molar-refractivity contribution in [2.24, 2.45) is 5.73 Å². The summed E-state index contributed by atoms with van der Waals surface area (Å²) in [6.45, 7) is 2.44. The van der Waals surface area contributed by atoms with Crippen LogP contribution in [0.15, 0.2) is 23.1 Å². The number of nitrogens with zero attached hydrogens (tertiary/aromatic N) is 2. The Morgan fingerprint density at radius 1 is 1.35 bits per heavy atom. The standard InChI is InChI=1S/C19H26N4O7S/c1-2-13-14(23-8-9-30-11-16(23)25)4-3-5-15(13)31(28,29)21-17(18(20)26)19(27)22-7-6-12(24)10-22/h3-5,12,17,21,24H,2,6-11H2,1H3,(H2,20,26)/t12-,17-/m0/s1. The van der Waals surface area contributed by atoms with E-state index in [0.29, 0.717) is 24.3 Å². The first-order valence-corrected chi connectivity index (χ1v) is 11.4. The normalized spacial score (nSPS) is 20.7. The number of rotatable bonds is 7. The molecule has 11 nitrogen and oxygen atoms in total. The zero-order chi connectivity index (χ0) is 22.8. The van der Waals surface area contributed by atoms with Crippen molar-refractivity contribution in [3.05, 3.63) is 23.8 Å². The molecule has 4 N–H and O–H groups in total. The number of morpholine rings is 1. The molecule has 2 heterocycles. The Hall–Kier alpha value is -2.54. The van der Waals surface area contributed by atoms with Crippen LogP contribution in [0.4, 0.5) is 5.69 Å². The lowest BCUT2D eigenvalue weighted by Gasteiger charge is -2.29. The summed E-state index contributed by atoms with van der Waals surface area (Å²) in [5.74, 6) is -2.25. The fraction of sp³-hybridized carbons (Fsp3) is 0.526. The van der Waals surface area contributed by atoms with Gasteiger partial charge in [-0.15, -0.1) is 0 Å².